The number of nitrogens with zero attached hydrogens (tertiary/aromatic N) is 2. The normalized spacial score (nSPS) is 9.85. The maximum absolute atomic E-state index is 9.29. The van der Waals surface area contributed by atoms with Gasteiger partial charge in [-0.25, -0.2) is 4.98 Å². The molecule has 1 aromatic heterocycles. The molecule has 5 heteroatoms. The highest BCUT2D eigenvalue weighted by molar-refractivity contribution is 5.40. The molecule has 0 amide bonds. The van der Waals surface area contributed by atoms with E-state index in [9.17, 15) is 5.11 Å². The predicted molar refractivity (Wildman–Crippen MR) is 72.2 cm³/mol. The average Bonchev–Trinajstić information content (AvgIpc) is 2.52. The number of ether oxygens (including phenoxy) is 2. The van der Waals surface area contributed by atoms with Crippen molar-refractivity contribution in [3.63, 3.8) is 0 Å². The second kappa shape index (κ2) is 6.55. The van der Waals surface area contributed by atoms with Crippen molar-refractivity contribution in [3.8, 4) is 17.6 Å². The molecule has 0 spiro atoms. The number of nitriles is 1. The highest BCUT2D eigenvalue weighted by Crippen LogP contribution is 2.25. The molecule has 0 atom stereocenters. The molecular formula is C15H14N2O3. The third-order valence-electron chi connectivity index (χ3n) is 2.78. The summed E-state index contributed by atoms with van der Waals surface area (Å²) in [5, 5.41) is 18.1. The standard InChI is InChI=1S/C15H14N2O3/c1-19-14-3-2-12(9-18)15(7-14)20-10-11-4-5-17-13(6-11)8-16/h2-7,18H,9-10H2,1H3. The van der Waals surface area contributed by atoms with E-state index in [1.165, 1.54) is 0 Å². The van der Waals surface area contributed by atoms with Crippen LogP contribution in [0.25, 0.3) is 0 Å². The third-order valence-corrected chi connectivity index (χ3v) is 2.78. The molecule has 0 aliphatic carbocycles. The van der Waals surface area contributed by atoms with E-state index >= 15 is 0 Å². The summed E-state index contributed by atoms with van der Waals surface area (Å²) in [5.41, 5.74) is 1.86. The zero-order chi connectivity index (χ0) is 14.4. The van der Waals surface area contributed by atoms with Crippen LogP contribution in [0.4, 0.5) is 0 Å². The fourth-order valence-electron chi connectivity index (χ4n) is 1.71. The van der Waals surface area contributed by atoms with Crippen LogP contribution in [0.15, 0.2) is 36.5 Å². The summed E-state index contributed by atoms with van der Waals surface area (Å²) in [6.07, 6.45) is 1.57. The maximum Gasteiger partial charge on any atom is 0.140 e. The molecular weight excluding hydrogens is 256 g/mol. The van der Waals surface area contributed by atoms with E-state index in [1.54, 1.807) is 43.6 Å². The Bertz CT molecular complexity index is 635. The van der Waals surface area contributed by atoms with Crippen molar-refractivity contribution in [3.05, 3.63) is 53.3 Å². The van der Waals surface area contributed by atoms with Gasteiger partial charge in [-0.05, 0) is 29.8 Å². The highest BCUT2D eigenvalue weighted by atomic mass is 16.5. The van der Waals surface area contributed by atoms with E-state index in [0.29, 0.717) is 22.8 Å². The molecule has 0 aliphatic rings. The largest absolute Gasteiger partial charge is 0.497 e. The first-order valence-electron chi connectivity index (χ1n) is 6.02. The number of hydrogen-bond acceptors (Lipinski definition) is 5. The zero-order valence-corrected chi connectivity index (χ0v) is 11.0. The molecule has 5 nitrogen and oxygen atoms in total. The first-order valence-corrected chi connectivity index (χ1v) is 6.02. The molecule has 0 aliphatic heterocycles. The molecule has 0 unspecified atom stereocenters. The average molecular weight is 270 g/mol. The SMILES string of the molecule is COc1ccc(CO)c(OCc2ccnc(C#N)c2)c1. The lowest BCUT2D eigenvalue weighted by atomic mass is 10.2. The summed E-state index contributed by atoms with van der Waals surface area (Å²) >= 11 is 0. The molecule has 1 aromatic carbocycles. The minimum atomic E-state index is -0.112. The molecule has 0 saturated heterocycles. The van der Waals surface area contributed by atoms with Gasteiger partial charge in [0.15, 0.2) is 0 Å². The van der Waals surface area contributed by atoms with Gasteiger partial charge in [-0.15, -0.1) is 0 Å². The lowest BCUT2D eigenvalue weighted by molar-refractivity contribution is 0.258. The third kappa shape index (κ3) is 3.25. The topological polar surface area (TPSA) is 75.4 Å². The van der Waals surface area contributed by atoms with Gasteiger partial charge in [0.05, 0.1) is 13.7 Å². The summed E-state index contributed by atoms with van der Waals surface area (Å²) in [6, 6.07) is 10.7. The molecule has 1 heterocycles. The van der Waals surface area contributed by atoms with Crippen molar-refractivity contribution in [2.45, 2.75) is 13.2 Å². The van der Waals surface area contributed by atoms with E-state index < -0.39 is 0 Å². The smallest absolute Gasteiger partial charge is 0.140 e. The van der Waals surface area contributed by atoms with E-state index in [1.807, 2.05) is 6.07 Å². The molecule has 0 bridgehead atoms. The molecule has 0 radical (unpaired) electrons. The summed E-state index contributed by atoms with van der Waals surface area (Å²) in [6.45, 7) is 0.177. The van der Waals surface area contributed by atoms with Gasteiger partial charge in [0.25, 0.3) is 0 Å². The van der Waals surface area contributed by atoms with Gasteiger partial charge in [-0.3, -0.25) is 0 Å². The molecule has 2 rings (SSSR count). The van der Waals surface area contributed by atoms with Crippen LogP contribution in [0.5, 0.6) is 11.5 Å². The van der Waals surface area contributed by atoms with Gasteiger partial charge < -0.3 is 14.6 Å². The number of benzene rings is 1. The summed E-state index contributed by atoms with van der Waals surface area (Å²) in [7, 11) is 1.57. The summed E-state index contributed by atoms with van der Waals surface area (Å²) in [4.78, 5) is 3.90. The minimum Gasteiger partial charge on any atom is -0.497 e. The van der Waals surface area contributed by atoms with Gasteiger partial charge in [-0.2, -0.15) is 5.26 Å². The molecule has 0 fully saturated rings. The van der Waals surface area contributed by atoms with Gasteiger partial charge in [0, 0.05) is 17.8 Å². The van der Waals surface area contributed by atoms with Crippen LogP contribution in [0.1, 0.15) is 16.8 Å². The minimum absolute atomic E-state index is 0.112. The van der Waals surface area contributed by atoms with Gasteiger partial charge >= 0.3 is 0 Å². The first kappa shape index (κ1) is 13.8. The first-order chi connectivity index (χ1) is 9.76. The number of pyridine rings is 1. The van der Waals surface area contributed by atoms with Crippen LogP contribution in [0, 0.1) is 11.3 Å². The van der Waals surface area contributed by atoms with Crippen molar-refractivity contribution >= 4 is 0 Å². The zero-order valence-electron chi connectivity index (χ0n) is 11.0. The predicted octanol–water partition coefficient (Wildman–Crippen LogP) is 2.03. The Morgan fingerprint density at radius 3 is 2.85 bits per heavy atom. The number of rotatable bonds is 5. The van der Waals surface area contributed by atoms with Crippen molar-refractivity contribution in [2.75, 3.05) is 7.11 Å². The molecule has 1 N–H and O–H groups in total. The lowest BCUT2D eigenvalue weighted by Gasteiger charge is -2.11. The Balaban J connectivity index is 2.15. The van der Waals surface area contributed by atoms with E-state index in [4.69, 9.17) is 14.7 Å². The Labute approximate surface area is 117 Å². The number of hydrogen-bond donors (Lipinski definition) is 1. The van der Waals surface area contributed by atoms with Crippen LogP contribution in [0.3, 0.4) is 0 Å². The Hall–Kier alpha value is -2.58. The molecule has 102 valence electrons. The van der Waals surface area contributed by atoms with Crippen LogP contribution in [0.2, 0.25) is 0 Å². The van der Waals surface area contributed by atoms with Gasteiger partial charge in [-0.1, -0.05) is 0 Å². The van der Waals surface area contributed by atoms with Crippen LogP contribution < -0.4 is 9.47 Å². The number of aromatic nitrogens is 1. The van der Waals surface area contributed by atoms with Crippen LogP contribution in [-0.2, 0) is 13.2 Å². The van der Waals surface area contributed by atoms with Crippen molar-refractivity contribution in [1.82, 2.24) is 4.98 Å². The quantitative estimate of drug-likeness (QED) is 0.899. The second-order valence-electron chi connectivity index (χ2n) is 4.08. The van der Waals surface area contributed by atoms with Crippen LogP contribution in [-0.4, -0.2) is 17.2 Å². The number of aliphatic hydroxyl groups excluding tert-OH is 1. The monoisotopic (exact) mass is 270 g/mol. The Morgan fingerprint density at radius 2 is 2.15 bits per heavy atom. The van der Waals surface area contributed by atoms with Crippen molar-refractivity contribution in [2.24, 2.45) is 0 Å². The summed E-state index contributed by atoms with van der Waals surface area (Å²) in [5.74, 6) is 1.21. The van der Waals surface area contributed by atoms with Gasteiger partial charge in [0.2, 0.25) is 0 Å². The molecule has 0 saturated carbocycles. The number of methoxy groups -OCH3 is 1. The van der Waals surface area contributed by atoms with E-state index in [-0.39, 0.29) is 13.2 Å². The van der Waals surface area contributed by atoms with Crippen molar-refractivity contribution in [1.29, 1.82) is 5.26 Å². The summed E-state index contributed by atoms with van der Waals surface area (Å²) < 4.78 is 10.8. The Morgan fingerprint density at radius 1 is 1.30 bits per heavy atom. The fraction of sp³-hybridized carbons (Fsp3) is 0.200. The fourth-order valence-corrected chi connectivity index (χ4v) is 1.71. The number of aliphatic hydroxyl groups is 1. The van der Waals surface area contributed by atoms with E-state index in [0.717, 1.165) is 5.56 Å². The maximum atomic E-state index is 9.29. The van der Waals surface area contributed by atoms with E-state index in [2.05, 4.69) is 4.98 Å². The van der Waals surface area contributed by atoms with Gasteiger partial charge in [0.1, 0.15) is 29.9 Å². The van der Waals surface area contributed by atoms with Crippen molar-refractivity contribution < 1.29 is 14.6 Å². The second-order valence-corrected chi connectivity index (χ2v) is 4.08. The van der Waals surface area contributed by atoms with Crippen LogP contribution >= 0.6 is 0 Å². The lowest BCUT2D eigenvalue weighted by Crippen LogP contribution is -2.00. The molecule has 20 heavy (non-hydrogen) atoms. The Kier molecular flexibility index (Phi) is 4.53. The highest BCUT2D eigenvalue weighted by Gasteiger charge is 2.06. The molecule has 2 aromatic rings.